The van der Waals surface area contributed by atoms with Gasteiger partial charge in [-0.05, 0) is 38.0 Å². The predicted octanol–water partition coefficient (Wildman–Crippen LogP) is 2.26. The molecular formula is C17H26N2O3S. The average Bonchev–Trinajstić information content (AvgIpc) is 2.45. The minimum atomic E-state index is -3.33. The van der Waals surface area contributed by atoms with Gasteiger partial charge in [-0.3, -0.25) is 4.79 Å². The van der Waals surface area contributed by atoms with Crippen LogP contribution in [-0.4, -0.2) is 45.6 Å². The Bertz CT molecular complexity index is 675. The molecule has 0 atom stereocenters. The van der Waals surface area contributed by atoms with Crippen LogP contribution in [0, 0.1) is 0 Å². The molecule has 2 rings (SSSR count). The van der Waals surface area contributed by atoms with Gasteiger partial charge in [-0.15, -0.1) is 0 Å². The van der Waals surface area contributed by atoms with E-state index in [0.717, 1.165) is 25.9 Å². The van der Waals surface area contributed by atoms with Crippen molar-refractivity contribution in [1.82, 2.24) is 5.32 Å². The minimum Gasteiger partial charge on any atom is -0.370 e. The largest absolute Gasteiger partial charge is 0.370 e. The van der Waals surface area contributed by atoms with Crippen LogP contribution in [0.3, 0.4) is 0 Å². The molecule has 0 radical (unpaired) electrons. The molecular weight excluding hydrogens is 312 g/mol. The first-order valence-corrected chi connectivity index (χ1v) is 9.93. The molecule has 1 heterocycles. The quantitative estimate of drug-likeness (QED) is 0.834. The lowest BCUT2D eigenvalue weighted by Gasteiger charge is -2.35. The number of rotatable bonds is 5. The normalized spacial score (nSPS) is 16.8. The molecule has 0 aromatic heterocycles. The third kappa shape index (κ3) is 4.54. The third-order valence-electron chi connectivity index (χ3n) is 4.17. The van der Waals surface area contributed by atoms with Crippen LogP contribution in [0.1, 0.15) is 44.0 Å². The molecule has 0 aliphatic carbocycles. The van der Waals surface area contributed by atoms with Crippen molar-refractivity contribution in [3.63, 3.8) is 0 Å². The van der Waals surface area contributed by atoms with Gasteiger partial charge < -0.3 is 10.2 Å². The molecule has 1 aliphatic heterocycles. The van der Waals surface area contributed by atoms with E-state index < -0.39 is 9.84 Å². The van der Waals surface area contributed by atoms with Gasteiger partial charge in [-0.1, -0.05) is 13.8 Å². The molecule has 1 fully saturated rings. The first-order chi connectivity index (χ1) is 10.7. The van der Waals surface area contributed by atoms with Crippen LogP contribution in [0.4, 0.5) is 5.69 Å². The van der Waals surface area contributed by atoms with E-state index in [2.05, 4.69) is 24.1 Å². The number of hydrogen-bond acceptors (Lipinski definition) is 5. The Labute approximate surface area is 139 Å². The molecule has 0 amide bonds. The maximum atomic E-state index is 12.1. The number of ketones is 1. The van der Waals surface area contributed by atoms with E-state index in [4.69, 9.17) is 0 Å². The lowest BCUT2D eigenvalue weighted by atomic mass is 10.0. The van der Waals surface area contributed by atoms with Crippen molar-refractivity contribution in [3.8, 4) is 0 Å². The summed E-state index contributed by atoms with van der Waals surface area (Å²) in [6.07, 6.45) is 3.14. The van der Waals surface area contributed by atoms with Crippen molar-refractivity contribution < 1.29 is 13.2 Å². The first kappa shape index (κ1) is 17.9. The van der Waals surface area contributed by atoms with Crippen LogP contribution in [-0.2, 0) is 9.84 Å². The number of Topliss-reactive ketones (excluding diaryl/α,β-unsaturated/α-hetero) is 1. The van der Waals surface area contributed by atoms with E-state index in [9.17, 15) is 13.2 Å². The zero-order valence-electron chi connectivity index (χ0n) is 14.3. The standard InChI is InChI=1S/C17H26N2O3S/c1-12(2)18-15-7-9-19(10-8-15)16-11-14(13(3)20)5-6-17(16)23(4,21)22/h5-6,11-12,15,18H,7-10H2,1-4H3. The van der Waals surface area contributed by atoms with E-state index in [0.29, 0.717) is 28.2 Å². The van der Waals surface area contributed by atoms with Gasteiger partial charge in [0.05, 0.1) is 10.6 Å². The van der Waals surface area contributed by atoms with Crippen molar-refractivity contribution in [2.24, 2.45) is 0 Å². The SMILES string of the molecule is CC(=O)c1ccc(S(C)(=O)=O)c(N2CCC(NC(C)C)CC2)c1. The number of carbonyl (C=O) groups is 1. The summed E-state index contributed by atoms with van der Waals surface area (Å²) in [6, 6.07) is 5.77. The van der Waals surface area contributed by atoms with Gasteiger partial charge in [-0.25, -0.2) is 8.42 Å². The van der Waals surface area contributed by atoms with Crippen LogP contribution in [0.25, 0.3) is 0 Å². The van der Waals surface area contributed by atoms with Crippen LogP contribution in [0.15, 0.2) is 23.1 Å². The molecule has 1 aromatic rings. The smallest absolute Gasteiger partial charge is 0.177 e. The molecule has 0 bridgehead atoms. The zero-order valence-corrected chi connectivity index (χ0v) is 15.1. The number of anilines is 1. The maximum Gasteiger partial charge on any atom is 0.177 e. The third-order valence-corrected chi connectivity index (χ3v) is 5.31. The summed E-state index contributed by atoms with van der Waals surface area (Å²) in [6.45, 7) is 7.33. The van der Waals surface area contributed by atoms with E-state index >= 15 is 0 Å². The molecule has 1 aliphatic rings. The summed E-state index contributed by atoms with van der Waals surface area (Å²) in [5, 5.41) is 3.53. The summed E-state index contributed by atoms with van der Waals surface area (Å²) < 4.78 is 24.1. The highest BCUT2D eigenvalue weighted by Crippen LogP contribution is 2.29. The van der Waals surface area contributed by atoms with Gasteiger partial charge in [0, 0.05) is 37.0 Å². The fourth-order valence-electron chi connectivity index (χ4n) is 3.06. The summed E-state index contributed by atoms with van der Waals surface area (Å²) in [7, 11) is -3.33. The summed E-state index contributed by atoms with van der Waals surface area (Å²) in [4.78, 5) is 14.0. The Balaban J connectivity index is 2.28. The Hall–Kier alpha value is -1.40. The van der Waals surface area contributed by atoms with Gasteiger partial charge in [0.2, 0.25) is 0 Å². The number of piperidine rings is 1. The van der Waals surface area contributed by atoms with Crippen LogP contribution in [0.5, 0.6) is 0 Å². The highest BCUT2D eigenvalue weighted by Gasteiger charge is 2.24. The molecule has 23 heavy (non-hydrogen) atoms. The number of nitrogens with zero attached hydrogens (tertiary/aromatic N) is 1. The number of benzene rings is 1. The first-order valence-electron chi connectivity index (χ1n) is 8.04. The molecule has 0 saturated carbocycles. The van der Waals surface area contributed by atoms with Gasteiger partial charge in [0.15, 0.2) is 15.6 Å². The summed E-state index contributed by atoms with van der Waals surface area (Å²) in [5.41, 5.74) is 1.21. The maximum absolute atomic E-state index is 12.1. The monoisotopic (exact) mass is 338 g/mol. The summed E-state index contributed by atoms with van der Waals surface area (Å²) in [5.74, 6) is -0.0531. The van der Waals surface area contributed by atoms with Crippen molar-refractivity contribution in [2.45, 2.75) is 50.6 Å². The molecule has 1 aromatic carbocycles. The van der Waals surface area contributed by atoms with E-state index in [1.54, 1.807) is 18.2 Å². The Morgan fingerprint density at radius 3 is 2.35 bits per heavy atom. The molecule has 5 nitrogen and oxygen atoms in total. The molecule has 1 saturated heterocycles. The number of sulfone groups is 1. The number of nitrogens with one attached hydrogen (secondary N) is 1. The molecule has 0 unspecified atom stereocenters. The Kier molecular flexibility index (Phi) is 5.47. The second-order valence-electron chi connectivity index (χ2n) is 6.59. The van der Waals surface area contributed by atoms with Crippen LogP contribution >= 0.6 is 0 Å². The zero-order chi connectivity index (χ0) is 17.2. The lowest BCUT2D eigenvalue weighted by Crippen LogP contribution is -2.45. The molecule has 128 valence electrons. The van der Waals surface area contributed by atoms with Crippen molar-refractivity contribution >= 4 is 21.3 Å². The molecule has 0 spiro atoms. The van der Waals surface area contributed by atoms with Crippen LogP contribution < -0.4 is 10.2 Å². The van der Waals surface area contributed by atoms with Gasteiger partial charge in [-0.2, -0.15) is 0 Å². The van der Waals surface area contributed by atoms with Crippen molar-refractivity contribution in [1.29, 1.82) is 0 Å². The number of carbonyl (C=O) groups excluding carboxylic acids is 1. The minimum absolute atomic E-state index is 0.0531. The average molecular weight is 338 g/mol. The van der Waals surface area contributed by atoms with E-state index in [1.807, 2.05) is 0 Å². The second kappa shape index (κ2) is 7.01. The van der Waals surface area contributed by atoms with Crippen molar-refractivity contribution in [3.05, 3.63) is 23.8 Å². The lowest BCUT2D eigenvalue weighted by molar-refractivity contribution is 0.101. The van der Waals surface area contributed by atoms with Gasteiger partial charge >= 0.3 is 0 Å². The predicted molar refractivity (Wildman–Crippen MR) is 93.1 cm³/mol. The van der Waals surface area contributed by atoms with E-state index in [1.165, 1.54) is 13.2 Å². The van der Waals surface area contributed by atoms with E-state index in [-0.39, 0.29) is 5.78 Å². The highest BCUT2D eigenvalue weighted by atomic mass is 32.2. The van der Waals surface area contributed by atoms with Gasteiger partial charge in [0.25, 0.3) is 0 Å². The number of hydrogen-bond donors (Lipinski definition) is 1. The second-order valence-corrected chi connectivity index (χ2v) is 8.58. The topological polar surface area (TPSA) is 66.5 Å². The Morgan fingerprint density at radius 2 is 1.87 bits per heavy atom. The Morgan fingerprint density at radius 1 is 1.26 bits per heavy atom. The molecule has 6 heteroatoms. The summed E-state index contributed by atoms with van der Waals surface area (Å²) >= 11 is 0. The fraction of sp³-hybridized carbons (Fsp3) is 0.588. The van der Waals surface area contributed by atoms with Crippen LogP contribution in [0.2, 0.25) is 0 Å². The van der Waals surface area contributed by atoms with Crippen molar-refractivity contribution in [2.75, 3.05) is 24.2 Å². The molecule has 1 N–H and O–H groups in total. The highest BCUT2D eigenvalue weighted by molar-refractivity contribution is 7.90. The van der Waals surface area contributed by atoms with Gasteiger partial charge in [0.1, 0.15) is 0 Å². The fourth-order valence-corrected chi connectivity index (χ4v) is 3.94.